The van der Waals surface area contributed by atoms with Crippen LogP contribution in [0.5, 0.6) is 0 Å². The Morgan fingerprint density at radius 3 is 2.59 bits per heavy atom. The van der Waals surface area contributed by atoms with Crippen molar-refractivity contribution < 1.29 is 22.8 Å². The Labute approximate surface area is 126 Å². The lowest BCUT2D eigenvalue weighted by Crippen LogP contribution is -2.37. The molecule has 0 spiro atoms. The van der Waals surface area contributed by atoms with Crippen molar-refractivity contribution in [3.8, 4) is 0 Å². The van der Waals surface area contributed by atoms with E-state index in [1.165, 1.54) is 19.1 Å². The highest BCUT2D eigenvalue weighted by Crippen LogP contribution is 2.45. The van der Waals surface area contributed by atoms with Crippen LogP contribution in [-0.4, -0.2) is 18.4 Å². The molecule has 2 rings (SSSR count). The molecule has 1 aromatic carbocycles. The summed E-state index contributed by atoms with van der Waals surface area (Å²) >= 11 is 0. The van der Waals surface area contributed by atoms with Gasteiger partial charge in [0.2, 0.25) is 5.91 Å². The van der Waals surface area contributed by atoms with Crippen LogP contribution >= 0.6 is 0 Å². The van der Waals surface area contributed by atoms with Crippen molar-refractivity contribution in [3.05, 3.63) is 29.3 Å². The standard InChI is InChI=1S/C15H17F3N2O2/c1-3-4-8-20-13-10(12(14(20)22)19-9(2)21)6-5-7-11(13)15(16,17)18/h5-7,12H,3-4,8H2,1-2H3,(H,19,21)/t12-/m1/s1. The molecule has 0 bridgehead atoms. The van der Waals surface area contributed by atoms with Gasteiger partial charge in [-0.05, 0) is 12.5 Å². The van der Waals surface area contributed by atoms with E-state index in [1.807, 2.05) is 6.92 Å². The quantitative estimate of drug-likeness (QED) is 0.928. The highest BCUT2D eigenvalue weighted by molar-refractivity contribution is 6.07. The molecule has 0 aliphatic carbocycles. The van der Waals surface area contributed by atoms with Gasteiger partial charge in [-0.2, -0.15) is 13.2 Å². The third kappa shape index (κ3) is 2.93. The zero-order valence-corrected chi connectivity index (χ0v) is 12.3. The lowest BCUT2D eigenvalue weighted by molar-refractivity contribution is -0.137. The highest BCUT2D eigenvalue weighted by atomic mass is 19.4. The van der Waals surface area contributed by atoms with Crippen LogP contribution in [0.2, 0.25) is 0 Å². The predicted molar refractivity (Wildman–Crippen MR) is 75.3 cm³/mol. The molecular weight excluding hydrogens is 297 g/mol. The van der Waals surface area contributed by atoms with E-state index >= 15 is 0 Å². The number of carbonyl (C=O) groups excluding carboxylic acids is 2. The van der Waals surface area contributed by atoms with Gasteiger partial charge in [-0.3, -0.25) is 9.59 Å². The number of rotatable bonds is 4. The first-order valence-corrected chi connectivity index (χ1v) is 7.06. The summed E-state index contributed by atoms with van der Waals surface area (Å²) in [5.74, 6) is -0.977. The number of hydrogen-bond acceptors (Lipinski definition) is 2. The molecule has 0 aromatic heterocycles. The summed E-state index contributed by atoms with van der Waals surface area (Å²) in [6.07, 6.45) is -3.22. The van der Waals surface area contributed by atoms with Gasteiger partial charge < -0.3 is 10.2 Å². The first kappa shape index (κ1) is 16.3. The topological polar surface area (TPSA) is 49.4 Å². The maximum atomic E-state index is 13.2. The van der Waals surface area contributed by atoms with Crippen molar-refractivity contribution in [2.45, 2.75) is 38.9 Å². The van der Waals surface area contributed by atoms with Gasteiger partial charge >= 0.3 is 6.18 Å². The Morgan fingerprint density at radius 1 is 1.36 bits per heavy atom. The number of anilines is 1. The number of nitrogens with zero attached hydrogens (tertiary/aromatic N) is 1. The molecule has 1 aliphatic rings. The Kier molecular flexibility index (Phi) is 4.44. The van der Waals surface area contributed by atoms with Gasteiger partial charge in [0, 0.05) is 19.0 Å². The fourth-order valence-corrected chi connectivity index (χ4v) is 2.60. The molecule has 0 radical (unpaired) electrons. The zero-order chi connectivity index (χ0) is 16.5. The number of carbonyl (C=O) groups is 2. The van der Waals surface area contributed by atoms with Crippen molar-refractivity contribution in [1.82, 2.24) is 5.32 Å². The van der Waals surface area contributed by atoms with E-state index in [4.69, 9.17) is 0 Å². The molecule has 0 saturated heterocycles. The molecule has 1 heterocycles. The van der Waals surface area contributed by atoms with E-state index in [0.29, 0.717) is 6.42 Å². The first-order chi connectivity index (χ1) is 10.3. The number of para-hydroxylation sites is 1. The molecule has 1 aromatic rings. The molecule has 1 atom stereocenters. The van der Waals surface area contributed by atoms with Crippen molar-refractivity contribution in [2.24, 2.45) is 0 Å². The molecule has 22 heavy (non-hydrogen) atoms. The number of alkyl halides is 3. The lowest BCUT2D eigenvalue weighted by Gasteiger charge is -2.21. The van der Waals surface area contributed by atoms with E-state index in [1.54, 1.807) is 0 Å². The minimum absolute atomic E-state index is 0.132. The smallest absolute Gasteiger partial charge is 0.341 e. The van der Waals surface area contributed by atoms with E-state index in [2.05, 4.69) is 5.32 Å². The monoisotopic (exact) mass is 314 g/mol. The van der Waals surface area contributed by atoms with Crippen LogP contribution < -0.4 is 10.2 Å². The molecule has 0 fully saturated rings. The Balaban J connectivity index is 2.54. The maximum Gasteiger partial charge on any atom is 0.418 e. The number of amides is 2. The minimum Gasteiger partial charge on any atom is -0.341 e. The van der Waals surface area contributed by atoms with Crippen LogP contribution in [0, 0.1) is 0 Å². The van der Waals surface area contributed by atoms with Crippen LogP contribution in [0.3, 0.4) is 0 Å². The average molecular weight is 314 g/mol. The van der Waals surface area contributed by atoms with E-state index in [0.717, 1.165) is 17.4 Å². The number of benzene rings is 1. The average Bonchev–Trinajstić information content (AvgIpc) is 2.68. The van der Waals surface area contributed by atoms with E-state index < -0.39 is 29.6 Å². The molecule has 0 unspecified atom stereocenters. The van der Waals surface area contributed by atoms with E-state index in [9.17, 15) is 22.8 Å². The molecule has 4 nitrogen and oxygen atoms in total. The van der Waals surface area contributed by atoms with Crippen LogP contribution in [0.15, 0.2) is 18.2 Å². The van der Waals surface area contributed by atoms with Gasteiger partial charge in [0.15, 0.2) is 0 Å². The van der Waals surface area contributed by atoms with Gasteiger partial charge in [-0.25, -0.2) is 0 Å². The van der Waals surface area contributed by atoms with Gasteiger partial charge in [0.05, 0.1) is 11.3 Å². The van der Waals surface area contributed by atoms with Gasteiger partial charge in [-0.15, -0.1) is 0 Å². The SMILES string of the molecule is CCCCN1C(=O)[C@H](NC(C)=O)c2cccc(C(F)(F)F)c21. The van der Waals surface area contributed by atoms with Crippen LogP contribution in [0.4, 0.5) is 18.9 Å². The molecule has 0 saturated carbocycles. The number of unbranched alkanes of at least 4 members (excludes halogenated alkanes) is 1. The molecule has 1 aliphatic heterocycles. The molecule has 1 N–H and O–H groups in total. The highest BCUT2D eigenvalue weighted by Gasteiger charge is 2.44. The second-order valence-electron chi connectivity index (χ2n) is 5.22. The van der Waals surface area contributed by atoms with Gasteiger partial charge in [0.25, 0.3) is 5.91 Å². The molecule has 120 valence electrons. The second-order valence-corrected chi connectivity index (χ2v) is 5.22. The second kappa shape index (κ2) is 5.98. The zero-order valence-electron chi connectivity index (χ0n) is 12.3. The van der Waals surface area contributed by atoms with Crippen LogP contribution in [0.1, 0.15) is 43.9 Å². The summed E-state index contributed by atoms with van der Waals surface area (Å²) in [4.78, 5) is 24.8. The summed E-state index contributed by atoms with van der Waals surface area (Å²) in [7, 11) is 0. The third-order valence-electron chi connectivity index (χ3n) is 3.55. The third-order valence-corrected chi connectivity index (χ3v) is 3.55. The van der Waals surface area contributed by atoms with Crippen molar-refractivity contribution in [2.75, 3.05) is 11.4 Å². The normalized spacial score (nSPS) is 17.6. The Bertz CT molecular complexity index is 599. The molecular formula is C15H17F3N2O2. The molecule has 2 amide bonds. The van der Waals surface area contributed by atoms with Gasteiger partial charge in [0.1, 0.15) is 6.04 Å². The first-order valence-electron chi connectivity index (χ1n) is 7.06. The fraction of sp³-hybridized carbons (Fsp3) is 0.467. The van der Waals surface area contributed by atoms with Crippen LogP contribution in [-0.2, 0) is 15.8 Å². The summed E-state index contributed by atoms with van der Waals surface area (Å²) in [5, 5.41) is 2.44. The summed E-state index contributed by atoms with van der Waals surface area (Å²) < 4.78 is 39.7. The number of nitrogens with one attached hydrogen (secondary N) is 1. The minimum atomic E-state index is -4.55. The Hall–Kier alpha value is -2.05. The maximum absolute atomic E-state index is 13.2. The lowest BCUT2D eigenvalue weighted by atomic mass is 10.0. The van der Waals surface area contributed by atoms with Crippen molar-refractivity contribution >= 4 is 17.5 Å². The van der Waals surface area contributed by atoms with Crippen LogP contribution in [0.25, 0.3) is 0 Å². The summed E-state index contributed by atoms with van der Waals surface area (Å²) in [5.41, 5.74) is -0.777. The van der Waals surface area contributed by atoms with E-state index in [-0.39, 0.29) is 17.8 Å². The van der Waals surface area contributed by atoms with Crippen molar-refractivity contribution in [1.29, 1.82) is 0 Å². The predicted octanol–water partition coefficient (Wildman–Crippen LogP) is 3.03. The number of halogens is 3. The number of fused-ring (bicyclic) bond motifs is 1. The van der Waals surface area contributed by atoms with Gasteiger partial charge in [-0.1, -0.05) is 25.5 Å². The Morgan fingerprint density at radius 2 is 2.05 bits per heavy atom. The largest absolute Gasteiger partial charge is 0.418 e. The fourth-order valence-electron chi connectivity index (χ4n) is 2.60. The summed E-state index contributed by atoms with van der Waals surface area (Å²) in [6.45, 7) is 3.32. The summed E-state index contributed by atoms with van der Waals surface area (Å²) in [6, 6.07) is 2.62. The molecule has 7 heteroatoms. The van der Waals surface area contributed by atoms with Crippen molar-refractivity contribution in [3.63, 3.8) is 0 Å². The number of hydrogen-bond donors (Lipinski definition) is 1.